The van der Waals surface area contributed by atoms with Gasteiger partial charge in [-0.2, -0.15) is 0 Å². The molecule has 1 fully saturated rings. The van der Waals surface area contributed by atoms with Crippen LogP contribution in [0.15, 0.2) is 18.2 Å². The van der Waals surface area contributed by atoms with Gasteiger partial charge in [0.25, 0.3) is 0 Å². The molecule has 2 aliphatic heterocycles. The molecule has 132 valence electrons. The maximum absolute atomic E-state index is 12.5. The van der Waals surface area contributed by atoms with Gasteiger partial charge in [0, 0.05) is 25.2 Å². The van der Waals surface area contributed by atoms with Gasteiger partial charge in [0.05, 0.1) is 5.41 Å². The first kappa shape index (κ1) is 17.1. The van der Waals surface area contributed by atoms with E-state index in [-0.39, 0.29) is 11.3 Å². The third kappa shape index (κ3) is 3.66. The zero-order valence-corrected chi connectivity index (χ0v) is 14.8. The molecule has 0 aromatic heterocycles. The molecule has 1 atom stereocenters. The van der Waals surface area contributed by atoms with E-state index in [9.17, 15) is 4.79 Å². The average Bonchev–Trinajstić information content (AvgIpc) is 2.60. The van der Waals surface area contributed by atoms with Crippen LogP contribution in [0.25, 0.3) is 0 Å². The smallest absolute Gasteiger partial charge is 0.227 e. The van der Waals surface area contributed by atoms with E-state index in [0.717, 1.165) is 62.5 Å². The first-order valence-corrected chi connectivity index (χ1v) is 9.00. The Kier molecular flexibility index (Phi) is 5.29. The van der Waals surface area contributed by atoms with Gasteiger partial charge in [0.15, 0.2) is 11.5 Å². The van der Waals surface area contributed by atoms with Crippen molar-refractivity contribution in [3.63, 3.8) is 0 Å². The van der Waals surface area contributed by atoms with Crippen LogP contribution in [0.3, 0.4) is 0 Å². The number of hydrogen-bond donors (Lipinski definition) is 1. The molecule has 0 spiro atoms. The van der Waals surface area contributed by atoms with Gasteiger partial charge in [0.1, 0.15) is 13.2 Å². The molecule has 1 amide bonds. The SMILES string of the molecule is CCCNC(=O)C1(C)CCCN(Cc2cccc3c2OCCO3)C1. The van der Waals surface area contributed by atoms with E-state index in [1.165, 1.54) is 0 Å². The fourth-order valence-corrected chi connectivity index (χ4v) is 3.62. The zero-order chi connectivity index (χ0) is 17.0. The van der Waals surface area contributed by atoms with Crippen LogP contribution < -0.4 is 14.8 Å². The number of para-hydroxylation sites is 1. The molecule has 1 unspecified atom stereocenters. The molecule has 24 heavy (non-hydrogen) atoms. The summed E-state index contributed by atoms with van der Waals surface area (Å²) >= 11 is 0. The average molecular weight is 332 g/mol. The predicted octanol–water partition coefficient (Wildman–Crippen LogP) is 2.59. The highest BCUT2D eigenvalue weighted by Gasteiger charge is 2.37. The topological polar surface area (TPSA) is 50.8 Å². The summed E-state index contributed by atoms with van der Waals surface area (Å²) < 4.78 is 11.5. The van der Waals surface area contributed by atoms with Gasteiger partial charge in [-0.15, -0.1) is 0 Å². The highest BCUT2D eigenvalue weighted by molar-refractivity contribution is 5.82. The fourth-order valence-electron chi connectivity index (χ4n) is 3.62. The highest BCUT2D eigenvalue weighted by atomic mass is 16.6. The molecule has 0 saturated carbocycles. The summed E-state index contributed by atoms with van der Waals surface area (Å²) in [5.41, 5.74) is 0.838. The molecular weight excluding hydrogens is 304 g/mol. The van der Waals surface area contributed by atoms with Gasteiger partial charge in [0.2, 0.25) is 5.91 Å². The van der Waals surface area contributed by atoms with E-state index < -0.39 is 0 Å². The minimum Gasteiger partial charge on any atom is -0.486 e. The van der Waals surface area contributed by atoms with Crippen LogP contribution in [0.1, 0.15) is 38.7 Å². The Morgan fingerprint density at radius 1 is 1.33 bits per heavy atom. The number of ether oxygens (including phenoxy) is 2. The van der Waals surface area contributed by atoms with Crippen molar-refractivity contribution in [1.82, 2.24) is 10.2 Å². The number of rotatable bonds is 5. The van der Waals surface area contributed by atoms with Crippen molar-refractivity contribution in [2.45, 2.75) is 39.7 Å². The van der Waals surface area contributed by atoms with E-state index in [1.54, 1.807) is 0 Å². The molecule has 2 aliphatic rings. The lowest BCUT2D eigenvalue weighted by Crippen LogP contribution is -2.50. The van der Waals surface area contributed by atoms with E-state index in [4.69, 9.17) is 9.47 Å². The predicted molar refractivity (Wildman–Crippen MR) is 93.4 cm³/mol. The zero-order valence-electron chi connectivity index (χ0n) is 14.8. The molecule has 1 aromatic rings. The van der Waals surface area contributed by atoms with Gasteiger partial charge in [-0.3, -0.25) is 9.69 Å². The number of carbonyl (C=O) groups excluding carboxylic acids is 1. The second-order valence-corrected chi connectivity index (χ2v) is 7.07. The van der Waals surface area contributed by atoms with E-state index in [1.807, 2.05) is 12.1 Å². The number of nitrogens with zero attached hydrogens (tertiary/aromatic N) is 1. The molecule has 0 radical (unpaired) electrons. The van der Waals surface area contributed by atoms with Gasteiger partial charge < -0.3 is 14.8 Å². The molecule has 1 aromatic carbocycles. The van der Waals surface area contributed by atoms with Crippen LogP contribution in [0.5, 0.6) is 11.5 Å². The number of benzene rings is 1. The largest absolute Gasteiger partial charge is 0.486 e. The Morgan fingerprint density at radius 3 is 3.00 bits per heavy atom. The van der Waals surface area contributed by atoms with E-state index in [0.29, 0.717) is 13.2 Å². The van der Waals surface area contributed by atoms with Crippen LogP contribution in [-0.4, -0.2) is 43.7 Å². The number of carbonyl (C=O) groups is 1. The molecule has 5 nitrogen and oxygen atoms in total. The third-order valence-electron chi connectivity index (χ3n) is 4.90. The maximum atomic E-state index is 12.5. The Hall–Kier alpha value is -1.75. The lowest BCUT2D eigenvalue weighted by atomic mass is 9.80. The molecule has 2 heterocycles. The molecule has 1 N–H and O–H groups in total. The molecule has 3 rings (SSSR count). The van der Waals surface area contributed by atoms with Crippen LogP contribution in [0.2, 0.25) is 0 Å². The first-order chi connectivity index (χ1) is 11.6. The van der Waals surface area contributed by atoms with Crippen LogP contribution in [-0.2, 0) is 11.3 Å². The molecular formula is C19H28N2O3. The fraction of sp³-hybridized carbons (Fsp3) is 0.632. The van der Waals surface area contributed by atoms with Crippen molar-refractivity contribution >= 4 is 5.91 Å². The van der Waals surface area contributed by atoms with Crippen molar-refractivity contribution in [1.29, 1.82) is 0 Å². The molecule has 1 saturated heterocycles. The lowest BCUT2D eigenvalue weighted by molar-refractivity contribution is -0.133. The standard InChI is InChI=1S/C19H28N2O3/c1-3-9-20-18(22)19(2)8-5-10-21(14-19)13-15-6-4-7-16-17(15)24-12-11-23-16/h4,6-7H,3,5,8-14H2,1-2H3,(H,20,22). The van der Waals surface area contributed by atoms with Gasteiger partial charge in [-0.1, -0.05) is 19.1 Å². The Bertz CT molecular complexity index is 590. The number of piperidine rings is 1. The third-order valence-corrected chi connectivity index (χ3v) is 4.90. The molecule has 0 bridgehead atoms. The minimum atomic E-state index is -0.306. The van der Waals surface area contributed by atoms with Gasteiger partial charge in [-0.05, 0) is 38.8 Å². The van der Waals surface area contributed by atoms with Gasteiger partial charge >= 0.3 is 0 Å². The number of nitrogens with one attached hydrogen (secondary N) is 1. The number of likely N-dealkylation sites (tertiary alicyclic amines) is 1. The highest BCUT2D eigenvalue weighted by Crippen LogP contribution is 2.36. The Labute approximate surface area is 144 Å². The van der Waals surface area contributed by atoms with E-state index >= 15 is 0 Å². The summed E-state index contributed by atoms with van der Waals surface area (Å²) in [4.78, 5) is 14.9. The van der Waals surface area contributed by atoms with Crippen LogP contribution in [0.4, 0.5) is 0 Å². The van der Waals surface area contributed by atoms with Crippen molar-refractivity contribution in [3.05, 3.63) is 23.8 Å². The lowest BCUT2D eigenvalue weighted by Gasteiger charge is -2.39. The van der Waals surface area contributed by atoms with Crippen molar-refractivity contribution < 1.29 is 14.3 Å². The number of hydrogen-bond acceptors (Lipinski definition) is 4. The summed E-state index contributed by atoms with van der Waals surface area (Å²) in [6.07, 6.45) is 2.97. The quantitative estimate of drug-likeness (QED) is 0.900. The van der Waals surface area contributed by atoms with Gasteiger partial charge in [-0.25, -0.2) is 0 Å². The minimum absolute atomic E-state index is 0.184. The van der Waals surface area contributed by atoms with Crippen LogP contribution in [0, 0.1) is 5.41 Å². The van der Waals surface area contributed by atoms with Crippen molar-refractivity contribution in [2.75, 3.05) is 32.8 Å². The summed E-state index contributed by atoms with van der Waals surface area (Å²) in [6, 6.07) is 6.06. The summed E-state index contributed by atoms with van der Waals surface area (Å²) in [7, 11) is 0. The Morgan fingerprint density at radius 2 is 2.17 bits per heavy atom. The summed E-state index contributed by atoms with van der Waals surface area (Å²) in [5, 5.41) is 3.07. The summed E-state index contributed by atoms with van der Waals surface area (Å²) in [6.45, 7) is 8.72. The second-order valence-electron chi connectivity index (χ2n) is 7.07. The molecule has 0 aliphatic carbocycles. The van der Waals surface area contributed by atoms with Crippen molar-refractivity contribution in [2.24, 2.45) is 5.41 Å². The van der Waals surface area contributed by atoms with Crippen LogP contribution >= 0.6 is 0 Å². The normalized spacial score (nSPS) is 23.8. The second kappa shape index (κ2) is 7.43. The maximum Gasteiger partial charge on any atom is 0.227 e. The van der Waals surface area contributed by atoms with Crippen molar-refractivity contribution in [3.8, 4) is 11.5 Å². The monoisotopic (exact) mass is 332 g/mol. The summed E-state index contributed by atoms with van der Waals surface area (Å²) in [5.74, 6) is 1.88. The molecule has 5 heteroatoms. The number of fused-ring (bicyclic) bond motifs is 1. The number of amides is 1. The first-order valence-electron chi connectivity index (χ1n) is 9.00. The Balaban J connectivity index is 1.69. The van der Waals surface area contributed by atoms with E-state index in [2.05, 4.69) is 30.1 Å².